The van der Waals surface area contributed by atoms with Gasteiger partial charge in [-0.15, -0.1) is 0 Å². The van der Waals surface area contributed by atoms with Gasteiger partial charge in [0.25, 0.3) is 5.91 Å². The minimum absolute atomic E-state index is 0.108. The second kappa shape index (κ2) is 10.3. The van der Waals surface area contributed by atoms with Gasteiger partial charge in [0.2, 0.25) is 0 Å². The summed E-state index contributed by atoms with van der Waals surface area (Å²) < 4.78 is 5.51. The van der Waals surface area contributed by atoms with E-state index in [4.69, 9.17) is 4.74 Å². The zero-order valence-electron chi connectivity index (χ0n) is 16.6. The number of carbonyl (C=O) groups excluding carboxylic acids is 1. The largest absolute Gasteiger partial charge is 0.507 e. The highest BCUT2D eigenvalue weighted by Gasteiger charge is 2.05. The summed E-state index contributed by atoms with van der Waals surface area (Å²) in [5.74, 6) is 0.389. The Kier molecular flexibility index (Phi) is 7.22. The third-order valence-electron chi connectivity index (χ3n) is 4.69. The van der Waals surface area contributed by atoms with Crippen LogP contribution in [0, 0.1) is 0 Å². The highest BCUT2D eigenvalue weighted by atomic mass is 16.5. The van der Waals surface area contributed by atoms with Crippen molar-refractivity contribution >= 4 is 22.9 Å². The first-order valence-electron chi connectivity index (χ1n) is 9.91. The zero-order valence-corrected chi connectivity index (χ0v) is 16.6. The number of unbranched alkanes of at least 4 members (excludes halogenated alkanes) is 2. The molecule has 0 saturated carbocycles. The number of aromatic hydroxyl groups is 1. The van der Waals surface area contributed by atoms with Gasteiger partial charge in [0.1, 0.15) is 11.5 Å². The van der Waals surface area contributed by atoms with Crippen LogP contribution in [0.25, 0.3) is 10.8 Å². The van der Waals surface area contributed by atoms with Crippen LogP contribution in [0.3, 0.4) is 0 Å². The number of nitrogens with zero attached hydrogens (tertiary/aromatic N) is 1. The molecule has 0 saturated heterocycles. The number of phenols is 1. The maximum absolute atomic E-state index is 12.0. The van der Waals surface area contributed by atoms with E-state index >= 15 is 0 Å². The molecule has 3 rings (SSSR count). The Morgan fingerprint density at radius 1 is 1.07 bits per heavy atom. The molecule has 3 aromatic rings. The third-order valence-corrected chi connectivity index (χ3v) is 4.69. The number of hydrogen-bond donors (Lipinski definition) is 2. The predicted molar refractivity (Wildman–Crippen MR) is 117 cm³/mol. The van der Waals surface area contributed by atoms with Crippen LogP contribution in [0.4, 0.5) is 0 Å². The van der Waals surface area contributed by atoms with Crippen LogP contribution in [0.2, 0.25) is 0 Å². The monoisotopic (exact) mass is 390 g/mol. The van der Waals surface area contributed by atoms with Crippen molar-refractivity contribution in [2.24, 2.45) is 5.10 Å². The van der Waals surface area contributed by atoms with E-state index in [0.29, 0.717) is 11.3 Å². The molecule has 150 valence electrons. The van der Waals surface area contributed by atoms with E-state index in [1.807, 2.05) is 54.6 Å². The van der Waals surface area contributed by atoms with Gasteiger partial charge in [0, 0.05) is 5.56 Å². The Morgan fingerprint density at radius 2 is 1.86 bits per heavy atom. The molecular formula is C24H26N2O3. The van der Waals surface area contributed by atoms with Crippen LogP contribution in [0.1, 0.15) is 37.3 Å². The van der Waals surface area contributed by atoms with Gasteiger partial charge in [-0.25, -0.2) is 5.43 Å². The fraction of sp³-hybridized carbons (Fsp3) is 0.250. The molecule has 3 aromatic carbocycles. The SMILES string of the molecule is CCCCCc1ccc(OCC(=O)NN=Cc2c(O)ccc3ccccc23)cc1. The average molecular weight is 390 g/mol. The summed E-state index contributed by atoms with van der Waals surface area (Å²) in [4.78, 5) is 12.0. The summed E-state index contributed by atoms with van der Waals surface area (Å²) >= 11 is 0. The van der Waals surface area contributed by atoms with Crippen LogP contribution in [0.5, 0.6) is 11.5 Å². The number of benzene rings is 3. The van der Waals surface area contributed by atoms with E-state index < -0.39 is 0 Å². The predicted octanol–water partition coefficient (Wildman–Crippen LogP) is 4.81. The third kappa shape index (κ3) is 5.82. The van der Waals surface area contributed by atoms with Crippen LogP contribution < -0.4 is 10.2 Å². The second-order valence-electron chi connectivity index (χ2n) is 6.90. The van der Waals surface area contributed by atoms with E-state index in [1.165, 1.54) is 31.0 Å². The van der Waals surface area contributed by atoms with Crippen molar-refractivity contribution < 1.29 is 14.6 Å². The number of aryl methyl sites for hydroxylation is 1. The van der Waals surface area contributed by atoms with Gasteiger partial charge in [0.05, 0.1) is 6.21 Å². The number of hydrogen-bond acceptors (Lipinski definition) is 4. The molecule has 5 nitrogen and oxygen atoms in total. The smallest absolute Gasteiger partial charge is 0.277 e. The van der Waals surface area contributed by atoms with E-state index in [-0.39, 0.29) is 18.3 Å². The van der Waals surface area contributed by atoms with Crippen molar-refractivity contribution in [3.63, 3.8) is 0 Å². The highest BCUT2D eigenvalue weighted by Crippen LogP contribution is 2.25. The van der Waals surface area contributed by atoms with Crippen molar-refractivity contribution in [1.29, 1.82) is 0 Å². The van der Waals surface area contributed by atoms with Crippen molar-refractivity contribution in [2.45, 2.75) is 32.6 Å². The molecule has 2 N–H and O–H groups in total. The number of amides is 1. The summed E-state index contributed by atoms with van der Waals surface area (Å²) in [6.07, 6.45) is 6.13. The number of hydrazone groups is 1. The average Bonchev–Trinajstić information content (AvgIpc) is 2.75. The number of carbonyl (C=O) groups is 1. The van der Waals surface area contributed by atoms with Crippen LogP contribution >= 0.6 is 0 Å². The minimum Gasteiger partial charge on any atom is -0.507 e. The summed E-state index contributed by atoms with van der Waals surface area (Å²) in [7, 11) is 0. The molecule has 0 bridgehead atoms. The summed E-state index contributed by atoms with van der Waals surface area (Å²) in [5, 5.41) is 15.9. The lowest BCUT2D eigenvalue weighted by atomic mass is 10.0. The second-order valence-corrected chi connectivity index (χ2v) is 6.90. The Bertz CT molecular complexity index is 981. The molecule has 0 fully saturated rings. The zero-order chi connectivity index (χ0) is 20.5. The fourth-order valence-corrected chi connectivity index (χ4v) is 3.10. The van der Waals surface area contributed by atoms with E-state index in [1.54, 1.807) is 6.07 Å². The molecule has 0 radical (unpaired) electrons. The normalized spacial score (nSPS) is 11.1. The number of phenolic OH excluding ortho intramolecular Hbond substituents is 1. The van der Waals surface area contributed by atoms with E-state index in [2.05, 4.69) is 17.5 Å². The lowest BCUT2D eigenvalue weighted by Crippen LogP contribution is -2.24. The van der Waals surface area contributed by atoms with E-state index in [9.17, 15) is 9.90 Å². The Labute approximate surface area is 171 Å². The van der Waals surface area contributed by atoms with Crippen LogP contribution in [-0.2, 0) is 11.2 Å². The van der Waals surface area contributed by atoms with Gasteiger partial charge < -0.3 is 9.84 Å². The molecule has 1 amide bonds. The van der Waals surface area contributed by atoms with Crippen molar-refractivity contribution in [3.8, 4) is 11.5 Å². The van der Waals surface area contributed by atoms with Gasteiger partial charge in [0.15, 0.2) is 6.61 Å². The van der Waals surface area contributed by atoms with Crippen molar-refractivity contribution in [1.82, 2.24) is 5.43 Å². The standard InChI is InChI=1S/C24H26N2O3/c1-2-3-4-7-18-10-13-20(14-11-18)29-17-24(28)26-25-16-22-21-9-6-5-8-19(21)12-15-23(22)27/h5-6,8-16,27H,2-4,7,17H2,1H3,(H,26,28). The van der Waals surface area contributed by atoms with Crippen molar-refractivity contribution in [3.05, 3.63) is 71.8 Å². The summed E-state index contributed by atoms with van der Waals surface area (Å²) in [6, 6.07) is 18.9. The number of ether oxygens (including phenoxy) is 1. The highest BCUT2D eigenvalue weighted by molar-refractivity contribution is 6.02. The molecule has 0 unspecified atom stereocenters. The summed E-state index contributed by atoms with van der Waals surface area (Å²) in [6.45, 7) is 2.06. The first kappa shape index (κ1) is 20.4. The molecule has 29 heavy (non-hydrogen) atoms. The molecular weight excluding hydrogens is 364 g/mol. The minimum atomic E-state index is -0.368. The number of fused-ring (bicyclic) bond motifs is 1. The summed E-state index contributed by atoms with van der Waals surface area (Å²) in [5.41, 5.74) is 4.26. The number of nitrogens with one attached hydrogen (secondary N) is 1. The van der Waals surface area contributed by atoms with E-state index in [0.717, 1.165) is 17.2 Å². The van der Waals surface area contributed by atoms with Crippen molar-refractivity contribution in [2.75, 3.05) is 6.61 Å². The van der Waals surface area contributed by atoms with Gasteiger partial charge in [-0.05, 0) is 47.4 Å². The fourth-order valence-electron chi connectivity index (χ4n) is 3.10. The quantitative estimate of drug-likeness (QED) is 0.313. The first-order valence-corrected chi connectivity index (χ1v) is 9.91. The molecule has 5 heteroatoms. The molecule has 0 aliphatic rings. The molecule has 0 spiro atoms. The van der Waals surface area contributed by atoms with Gasteiger partial charge in [-0.3, -0.25) is 4.79 Å². The Balaban J connectivity index is 1.51. The topological polar surface area (TPSA) is 70.9 Å². The molecule has 0 aliphatic carbocycles. The van der Waals surface area contributed by atoms with Gasteiger partial charge in [-0.2, -0.15) is 5.10 Å². The Morgan fingerprint density at radius 3 is 2.66 bits per heavy atom. The lowest BCUT2D eigenvalue weighted by molar-refractivity contribution is -0.123. The molecule has 0 atom stereocenters. The molecule has 0 heterocycles. The van der Waals surface area contributed by atoms with Gasteiger partial charge >= 0.3 is 0 Å². The maximum Gasteiger partial charge on any atom is 0.277 e. The first-order chi connectivity index (χ1) is 14.2. The molecule has 0 aliphatic heterocycles. The van der Waals surface area contributed by atoms with Gasteiger partial charge in [-0.1, -0.05) is 62.2 Å². The number of rotatable bonds is 9. The Hall–Kier alpha value is -3.34. The maximum atomic E-state index is 12.0. The lowest BCUT2D eigenvalue weighted by Gasteiger charge is -2.07. The van der Waals surface area contributed by atoms with Crippen LogP contribution in [-0.4, -0.2) is 23.8 Å². The van der Waals surface area contributed by atoms with Crippen LogP contribution in [0.15, 0.2) is 65.8 Å². The molecule has 0 aromatic heterocycles.